The van der Waals surface area contributed by atoms with E-state index in [-0.39, 0.29) is 30.1 Å². The highest BCUT2D eigenvalue weighted by Gasteiger charge is 2.27. The molecule has 0 saturated carbocycles. The fraction of sp³-hybridized carbons (Fsp3) is 0.381. The highest BCUT2D eigenvalue weighted by molar-refractivity contribution is 5.78. The molecule has 0 aliphatic carbocycles. The lowest BCUT2D eigenvalue weighted by atomic mass is 10.0. The third-order valence-corrected chi connectivity index (χ3v) is 4.92. The summed E-state index contributed by atoms with van der Waals surface area (Å²) in [7, 11) is 0. The molecule has 0 bridgehead atoms. The van der Waals surface area contributed by atoms with Crippen molar-refractivity contribution in [2.24, 2.45) is 0 Å². The van der Waals surface area contributed by atoms with Crippen molar-refractivity contribution in [1.82, 2.24) is 15.1 Å². The summed E-state index contributed by atoms with van der Waals surface area (Å²) < 4.78 is 27.0. The average Bonchev–Trinajstić information content (AvgIpc) is 2.66. The molecule has 1 N–H and O–H groups in total. The third-order valence-electron chi connectivity index (χ3n) is 4.92. The number of likely N-dealkylation sites (N-methyl/N-ethyl adjacent to an activating group) is 1. The number of nitrogens with one attached hydrogen (secondary N) is 1. The molecular formula is C21H25F2N3O. The summed E-state index contributed by atoms with van der Waals surface area (Å²) in [6, 6.07) is 12.8. The largest absolute Gasteiger partial charge is 0.338 e. The summed E-state index contributed by atoms with van der Waals surface area (Å²) in [6.07, 6.45) is 0. The summed E-state index contributed by atoms with van der Waals surface area (Å²) >= 11 is 0. The van der Waals surface area contributed by atoms with Crippen LogP contribution in [0, 0.1) is 11.6 Å². The topological polar surface area (TPSA) is 35.6 Å². The molecular weight excluding hydrogens is 348 g/mol. The molecule has 27 heavy (non-hydrogen) atoms. The van der Waals surface area contributed by atoms with Crippen LogP contribution in [-0.4, -0.2) is 48.4 Å². The van der Waals surface area contributed by atoms with Crippen molar-refractivity contribution >= 4 is 5.91 Å². The Morgan fingerprint density at radius 2 is 1.93 bits per heavy atom. The van der Waals surface area contributed by atoms with Crippen LogP contribution in [0.5, 0.6) is 0 Å². The molecule has 1 unspecified atom stereocenters. The lowest BCUT2D eigenvalue weighted by Gasteiger charge is -2.37. The Morgan fingerprint density at radius 1 is 1.19 bits per heavy atom. The highest BCUT2D eigenvalue weighted by atomic mass is 19.1. The molecule has 1 amide bonds. The van der Waals surface area contributed by atoms with Gasteiger partial charge >= 0.3 is 0 Å². The van der Waals surface area contributed by atoms with Gasteiger partial charge in [-0.3, -0.25) is 9.69 Å². The fourth-order valence-corrected chi connectivity index (χ4v) is 3.48. The number of rotatable bonds is 6. The zero-order valence-electron chi connectivity index (χ0n) is 15.5. The molecule has 2 aromatic rings. The number of piperazine rings is 1. The quantitative estimate of drug-likeness (QED) is 0.846. The molecule has 1 fully saturated rings. The standard InChI is InChI=1S/C21H25F2N3O/c1-2-25(14-16-5-3-7-18(22)11-16)21(27)15-26-10-9-24-13-20(26)17-6-4-8-19(23)12-17/h3-8,11-12,20,24H,2,9-10,13-15H2,1H3. The Hall–Kier alpha value is -2.31. The predicted octanol–water partition coefficient (Wildman–Crippen LogP) is 2.96. The molecule has 0 radical (unpaired) electrons. The molecule has 2 aromatic carbocycles. The molecule has 144 valence electrons. The first kappa shape index (κ1) is 19.5. The van der Waals surface area contributed by atoms with Crippen LogP contribution in [-0.2, 0) is 11.3 Å². The summed E-state index contributed by atoms with van der Waals surface area (Å²) in [5.74, 6) is -0.583. The molecule has 3 rings (SSSR count). The van der Waals surface area contributed by atoms with Gasteiger partial charge in [-0.25, -0.2) is 8.78 Å². The maximum atomic E-state index is 13.6. The van der Waals surface area contributed by atoms with Crippen LogP contribution in [0.2, 0.25) is 0 Å². The van der Waals surface area contributed by atoms with Gasteiger partial charge in [0.05, 0.1) is 6.54 Å². The highest BCUT2D eigenvalue weighted by Crippen LogP contribution is 2.23. The Labute approximate surface area is 158 Å². The van der Waals surface area contributed by atoms with Gasteiger partial charge in [0.25, 0.3) is 0 Å². The van der Waals surface area contributed by atoms with E-state index in [1.165, 1.54) is 24.3 Å². The average molecular weight is 373 g/mol. The summed E-state index contributed by atoms with van der Waals surface area (Å²) in [5.41, 5.74) is 1.63. The molecule has 4 nitrogen and oxygen atoms in total. The molecule has 6 heteroatoms. The molecule has 1 aliphatic rings. The van der Waals surface area contributed by atoms with Crippen molar-refractivity contribution < 1.29 is 13.6 Å². The van der Waals surface area contributed by atoms with Crippen LogP contribution in [0.3, 0.4) is 0 Å². The second-order valence-electron chi connectivity index (χ2n) is 6.78. The van der Waals surface area contributed by atoms with Crippen LogP contribution in [0.15, 0.2) is 48.5 Å². The zero-order chi connectivity index (χ0) is 19.2. The molecule has 1 aliphatic heterocycles. The van der Waals surface area contributed by atoms with Crippen molar-refractivity contribution in [1.29, 1.82) is 0 Å². The zero-order valence-corrected chi connectivity index (χ0v) is 15.5. The lowest BCUT2D eigenvalue weighted by Crippen LogP contribution is -2.50. The van der Waals surface area contributed by atoms with Gasteiger partial charge in [0, 0.05) is 38.8 Å². The van der Waals surface area contributed by atoms with Crippen molar-refractivity contribution in [2.45, 2.75) is 19.5 Å². The molecule has 0 aromatic heterocycles. The minimum atomic E-state index is -0.302. The van der Waals surface area contributed by atoms with Gasteiger partial charge in [0.1, 0.15) is 11.6 Å². The fourth-order valence-electron chi connectivity index (χ4n) is 3.48. The van der Waals surface area contributed by atoms with E-state index in [4.69, 9.17) is 0 Å². The summed E-state index contributed by atoms with van der Waals surface area (Å²) in [5, 5.41) is 3.31. The Balaban J connectivity index is 1.69. The number of carbonyl (C=O) groups excluding carboxylic acids is 1. The lowest BCUT2D eigenvalue weighted by molar-refractivity contribution is -0.133. The molecule has 1 heterocycles. The minimum absolute atomic E-state index is 0.00920. The first-order valence-electron chi connectivity index (χ1n) is 9.29. The molecule has 0 spiro atoms. The van der Waals surface area contributed by atoms with Gasteiger partial charge < -0.3 is 10.2 Å². The second kappa shape index (κ2) is 9.06. The SMILES string of the molecule is CCN(Cc1cccc(F)c1)C(=O)CN1CCNCC1c1cccc(F)c1. The van der Waals surface area contributed by atoms with E-state index >= 15 is 0 Å². The van der Waals surface area contributed by atoms with E-state index < -0.39 is 0 Å². The van der Waals surface area contributed by atoms with Crippen LogP contribution in [0.1, 0.15) is 24.1 Å². The second-order valence-corrected chi connectivity index (χ2v) is 6.78. The van der Waals surface area contributed by atoms with E-state index in [0.717, 1.165) is 17.7 Å². The number of carbonyl (C=O) groups is 1. The van der Waals surface area contributed by atoms with E-state index in [2.05, 4.69) is 10.2 Å². The molecule has 1 saturated heterocycles. The van der Waals surface area contributed by atoms with Crippen molar-refractivity contribution in [3.05, 3.63) is 71.3 Å². The smallest absolute Gasteiger partial charge is 0.237 e. The summed E-state index contributed by atoms with van der Waals surface area (Å²) in [4.78, 5) is 16.7. The van der Waals surface area contributed by atoms with Crippen LogP contribution >= 0.6 is 0 Å². The first-order valence-corrected chi connectivity index (χ1v) is 9.29. The van der Waals surface area contributed by atoms with Crippen molar-refractivity contribution in [3.8, 4) is 0 Å². The first-order chi connectivity index (χ1) is 13.1. The maximum absolute atomic E-state index is 13.6. The number of halogens is 2. The van der Waals surface area contributed by atoms with Gasteiger partial charge in [-0.05, 0) is 42.3 Å². The van der Waals surface area contributed by atoms with E-state index in [0.29, 0.717) is 26.2 Å². The number of benzene rings is 2. The Kier molecular flexibility index (Phi) is 6.53. The van der Waals surface area contributed by atoms with Gasteiger partial charge in [-0.15, -0.1) is 0 Å². The Bertz CT molecular complexity index is 784. The Morgan fingerprint density at radius 3 is 2.63 bits per heavy atom. The van der Waals surface area contributed by atoms with Crippen LogP contribution < -0.4 is 5.32 Å². The minimum Gasteiger partial charge on any atom is -0.338 e. The molecule has 1 atom stereocenters. The maximum Gasteiger partial charge on any atom is 0.237 e. The normalized spacial score (nSPS) is 17.7. The van der Waals surface area contributed by atoms with Gasteiger partial charge in [-0.1, -0.05) is 24.3 Å². The van der Waals surface area contributed by atoms with E-state index in [1.54, 1.807) is 17.0 Å². The third kappa shape index (κ3) is 5.11. The van der Waals surface area contributed by atoms with E-state index in [9.17, 15) is 13.6 Å². The number of amides is 1. The van der Waals surface area contributed by atoms with Crippen LogP contribution in [0.25, 0.3) is 0 Å². The summed E-state index contributed by atoms with van der Waals surface area (Å²) in [6.45, 7) is 5.27. The van der Waals surface area contributed by atoms with Gasteiger partial charge in [-0.2, -0.15) is 0 Å². The monoisotopic (exact) mass is 373 g/mol. The number of nitrogens with zero attached hydrogens (tertiary/aromatic N) is 2. The van der Waals surface area contributed by atoms with E-state index in [1.807, 2.05) is 19.1 Å². The van der Waals surface area contributed by atoms with Crippen molar-refractivity contribution in [2.75, 3.05) is 32.7 Å². The van der Waals surface area contributed by atoms with Crippen LogP contribution in [0.4, 0.5) is 8.78 Å². The number of hydrogen-bond donors (Lipinski definition) is 1. The van der Waals surface area contributed by atoms with Gasteiger partial charge in [0.15, 0.2) is 0 Å². The van der Waals surface area contributed by atoms with Crippen molar-refractivity contribution in [3.63, 3.8) is 0 Å². The number of hydrogen-bond acceptors (Lipinski definition) is 3. The van der Waals surface area contributed by atoms with Gasteiger partial charge in [0.2, 0.25) is 5.91 Å². The predicted molar refractivity (Wildman–Crippen MR) is 101 cm³/mol.